The molecule has 1 saturated carbocycles. The fraction of sp³-hybridized carbons (Fsp3) is 0.500. The van der Waals surface area contributed by atoms with E-state index in [9.17, 15) is 0 Å². The molecule has 3 heteroatoms. The molecule has 0 atom stereocenters. The maximum atomic E-state index is 6.24. The van der Waals surface area contributed by atoms with Crippen LogP contribution in [0.15, 0.2) is 24.4 Å². The van der Waals surface area contributed by atoms with Gasteiger partial charge in [-0.05, 0) is 24.5 Å². The summed E-state index contributed by atoms with van der Waals surface area (Å²) in [6.07, 6.45) is 8.35. The summed E-state index contributed by atoms with van der Waals surface area (Å²) in [4.78, 5) is 0. The Morgan fingerprint density at radius 2 is 2.00 bits per heavy atom. The number of aryl methyl sites for hydroxylation is 1. The van der Waals surface area contributed by atoms with Gasteiger partial charge < -0.3 is 10.3 Å². The van der Waals surface area contributed by atoms with Crippen molar-refractivity contribution in [3.05, 3.63) is 35.0 Å². The highest BCUT2D eigenvalue weighted by molar-refractivity contribution is 6.35. The minimum atomic E-state index is 0.184. The average Bonchev–Trinajstić information content (AvgIpc) is 2.74. The van der Waals surface area contributed by atoms with Crippen molar-refractivity contribution in [3.63, 3.8) is 0 Å². The van der Waals surface area contributed by atoms with Crippen LogP contribution in [0.5, 0.6) is 0 Å². The molecule has 1 heterocycles. The largest absolute Gasteiger partial charge is 0.349 e. The molecule has 0 radical (unpaired) electrons. The van der Waals surface area contributed by atoms with Gasteiger partial charge in [-0.15, -0.1) is 0 Å². The lowest BCUT2D eigenvalue weighted by molar-refractivity contribution is 0.301. The lowest BCUT2D eigenvalue weighted by Crippen LogP contribution is -2.37. The summed E-state index contributed by atoms with van der Waals surface area (Å²) in [7, 11) is 2.05. The monoisotopic (exact) mass is 276 g/mol. The number of hydrogen-bond donors (Lipinski definition) is 1. The minimum absolute atomic E-state index is 0.184. The molecule has 102 valence electrons. The summed E-state index contributed by atoms with van der Waals surface area (Å²) in [5, 5.41) is 1.96. The number of aromatic nitrogens is 1. The van der Waals surface area contributed by atoms with Gasteiger partial charge in [0.15, 0.2) is 0 Å². The van der Waals surface area contributed by atoms with Gasteiger partial charge in [0, 0.05) is 36.1 Å². The van der Waals surface area contributed by atoms with E-state index in [1.165, 1.54) is 43.2 Å². The first kappa shape index (κ1) is 13.0. The van der Waals surface area contributed by atoms with Crippen molar-refractivity contribution < 1.29 is 0 Å². The zero-order chi connectivity index (χ0) is 13.5. The Morgan fingerprint density at radius 3 is 2.68 bits per heavy atom. The van der Waals surface area contributed by atoms with Crippen LogP contribution in [0.1, 0.15) is 37.7 Å². The van der Waals surface area contributed by atoms with Gasteiger partial charge >= 0.3 is 0 Å². The van der Waals surface area contributed by atoms with Crippen LogP contribution in [-0.2, 0) is 12.5 Å². The third-order valence-corrected chi connectivity index (χ3v) is 5.06. The van der Waals surface area contributed by atoms with Crippen molar-refractivity contribution in [2.24, 2.45) is 12.8 Å². The summed E-state index contributed by atoms with van der Waals surface area (Å²) in [6, 6.07) is 6.67. The van der Waals surface area contributed by atoms with Crippen molar-refractivity contribution in [2.75, 3.05) is 6.54 Å². The molecule has 3 rings (SSSR count). The van der Waals surface area contributed by atoms with E-state index >= 15 is 0 Å². The maximum absolute atomic E-state index is 6.24. The highest BCUT2D eigenvalue weighted by Gasteiger charge is 2.32. The molecule has 1 aromatic heterocycles. The van der Waals surface area contributed by atoms with Crippen molar-refractivity contribution in [1.29, 1.82) is 0 Å². The van der Waals surface area contributed by atoms with E-state index in [4.69, 9.17) is 17.3 Å². The summed E-state index contributed by atoms with van der Waals surface area (Å²) in [5.41, 5.74) is 8.91. The first-order valence-electron chi connectivity index (χ1n) is 7.11. The number of benzene rings is 1. The number of fused-ring (bicyclic) bond motifs is 1. The van der Waals surface area contributed by atoms with E-state index < -0.39 is 0 Å². The first-order chi connectivity index (χ1) is 9.16. The predicted molar refractivity (Wildman–Crippen MR) is 81.7 cm³/mol. The van der Waals surface area contributed by atoms with Crippen LogP contribution in [0.4, 0.5) is 0 Å². The van der Waals surface area contributed by atoms with Gasteiger partial charge in [-0.1, -0.05) is 43.0 Å². The third kappa shape index (κ3) is 2.07. The van der Waals surface area contributed by atoms with Gasteiger partial charge in [-0.2, -0.15) is 0 Å². The predicted octanol–water partition coefficient (Wildman–Crippen LogP) is 3.99. The number of hydrogen-bond acceptors (Lipinski definition) is 1. The van der Waals surface area contributed by atoms with E-state index in [0.29, 0.717) is 0 Å². The summed E-state index contributed by atoms with van der Waals surface area (Å²) < 4.78 is 2.11. The molecule has 19 heavy (non-hydrogen) atoms. The molecule has 0 spiro atoms. The second-order valence-electron chi connectivity index (χ2n) is 5.86. The Morgan fingerprint density at radius 1 is 1.26 bits per heavy atom. The molecule has 0 saturated heterocycles. The molecule has 1 aliphatic rings. The fourth-order valence-electron chi connectivity index (χ4n) is 3.50. The lowest BCUT2D eigenvalue weighted by Gasteiger charge is -2.37. The van der Waals surface area contributed by atoms with Crippen molar-refractivity contribution >= 4 is 22.5 Å². The number of nitrogens with two attached hydrogens (primary N) is 1. The molecule has 0 unspecified atom stereocenters. The Balaban J connectivity index is 2.11. The minimum Gasteiger partial charge on any atom is -0.349 e. The van der Waals surface area contributed by atoms with Gasteiger partial charge in [-0.25, -0.2) is 0 Å². The van der Waals surface area contributed by atoms with E-state index in [-0.39, 0.29) is 5.41 Å². The van der Waals surface area contributed by atoms with Crippen LogP contribution < -0.4 is 5.73 Å². The Kier molecular flexibility index (Phi) is 3.32. The maximum Gasteiger partial charge on any atom is 0.0661 e. The van der Waals surface area contributed by atoms with E-state index in [1.807, 2.05) is 13.2 Å². The second kappa shape index (κ2) is 4.84. The molecule has 2 nitrogen and oxygen atoms in total. The number of halogens is 1. The molecule has 0 amide bonds. The molecule has 2 N–H and O–H groups in total. The Hall–Kier alpha value is -0.990. The topological polar surface area (TPSA) is 30.9 Å². The average molecular weight is 277 g/mol. The summed E-state index contributed by atoms with van der Waals surface area (Å²) in [6.45, 7) is 0.747. The zero-order valence-electron chi connectivity index (χ0n) is 11.5. The Bertz CT molecular complexity index is 594. The molecule has 1 aromatic carbocycles. The molecular formula is C16H21ClN2. The smallest absolute Gasteiger partial charge is 0.0661 e. The summed E-state index contributed by atoms with van der Waals surface area (Å²) in [5.74, 6) is 0. The van der Waals surface area contributed by atoms with Crippen molar-refractivity contribution in [3.8, 4) is 0 Å². The molecule has 2 aromatic rings. The Labute approximate surface area is 119 Å². The third-order valence-electron chi connectivity index (χ3n) is 4.76. The van der Waals surface area contributed by atoms with Gasteiger partial charge in [-0.3, -0.25) is 0 Å². The van der Waals surface area contributed by atoms with Crippen LogP contribution >= 0.6 is 11.6 Å². The molecule has 0 bridgehead atoms. The zero-order valence-corrected chi connectivity index (χ0v) is 12.2. The van der Waals surface area contributed by atoms with Gasteiger partial charge in [0.1, 0.15) is 0 Å². The van der Waals surface area contributed by atoms with Gasteiger partial charge in [0.25, 0.3) is 0 Å². The van der Waals surface area contributed by atoms with Crippen LogP contribution in [0.25, 0.3) is 10.9 Å². The van der Waals surface area contributed by atoms with Gasteiger partial charge in [0.05, 0.1) is 5.02 Å². The quantitative estimate of drug-likeness (QED) is 0.883. The SMILES string of the molecule is Cn1cc(Cl)c2ccc(C3(CN)CCCCC3)cc21. The van der Waals surface area contributed by atoms with Crippen molar-refractivity contribution in [2.45, 2.75) is 37.5 Å². The van der Waals surface area contributed by atoms with Crippen LogP contribution in [-0.4, -0.2) is 11.1 Å². The molecule has 0 aliphatic heterocycles. The second-order valence-corrected chi connectivity index (χ2v) is 6.27. The molecule has 1 fully saturated rings. The van der Waals surface area contributed by atoms with Crippen molar-refractivity contribution in [1.82, 2.24) is 4.57 Å². The van der Waals surface area contributed by atoms with Crippen LogP contribution in [0.2, 0.25) is 5.02 Å². The van der Waals surface area contributed by atoms with Gasteiger partial charge in [0.2, 0.25) is 0 Å². The first-order valence-corrected chi connectivity index (χ1v) is 7.49. The number of nitrogens with zero attached hydrogens (tertiary/aromatic N) is 1. The molecule has 1 aliphatic carbocycles. The van der Waals surface area contributed by atoms with Crippen LogP contribution in [0.3, 0.4) is 0 Å². The molecular weight excluding hydrogens is 256 g/mol. The van der Waals surface area contributed by atoms with E-state index in [2.05, 4.69) is 22.8 Å². The number of rotatable bonds is 2. The van der Waals surface area contributed by atoms with E-state index in [0.717, 1.165) is 17.0 Å². The summed E-state index contributed by atoms with van der Waals surface area (Å²) >= 11 is 6.24. The highest BCUT2D eigenvalue weighted by Crippen LogP contribution is 2.40. The normalized spacial score (nSPS) is 18.9. The fourth-order valence-corrected chi connectivity index (χ4v) is 3.81. The van der Waals surface area contributed by atoms with Crippen LogP contribution in [0, 0.1) is 0 Å². The standard InChI is InChI=1S/C16H21ClN2/c1-19-10-14(17)13-6-5-12(9-15(13)19)16(11-18)7-3-2-4-8-16/h5-6,9-10H,2-4,7-8,11,18H2,1H3. The lowest BCUT2D eigenvalue weighted by atomic mass is 9.69. The van der Waals surface area contributed by atoms with E-state index in [1.54, 1.807) is 0 Å². The highest BCUT2D eigenvalue weighted by atomic mass is 35.5.